The van der Waals surface area contributed by atoms with Crippen LogP contribution in [0, 0.1) is 0 Å². The average Bonchev–Trinajstić information content (AvgIpc) is 2.73. The third-order valence-corrected chi connectivity index (χ3v) is 6.31. The second-order valence-corrected chi connectivity index (χ2v) is 11.1. The molecule has 0 saturated heterocycles. The zero-order valence-corrected chi connectivity index (χ0v) is 21.1. The highest BCUT2D eigenvalue weighted by atomic mass is 31.2. The van der Waals surface area contributed by atoms with Gasteiger partial charge in [-0.25, -0.2) is 0 Å². The van der Waals surface area contributed by atoms with Gasteiger partial charge in [-0.3, -0.25) is 4.31 Å². The minimum Gasteiger partial charge on any atom is -0.449 e. The van der Waals surface area contributed by atoms with E-state index in [1.54, 1.807) is 0 Å². The third-order valence-electron chi connectivity index (χ3n) is 5.31. The monoisotopic (exact) mass is 454 g/mol. The van der Waals surface area contributed by atoms with Crippen molar-refractivity contribution in [1.82, 2.24) is 0 Å². The van der Waals surface area contributed by atoms with Crippen LogP contribution in [0.25, 0.3) is 22.3 Å². The van der Waals surface area contributed by atoms with Gasteiger partial charge in [0.05, 0.1) is 0 Å². The maximum Gasteiger partial charge on any atom is 0.220 e. The summed E-state index contributed by atoms with van der Waals surface area (Å²) in [5.41, 5.74) is 7.06. The van der Waals surface area contributed by atoms with E-state index in [0.29, 0.717) is 0 Å². The largest absolute Gasteiger partial charge is 0.449 e. The van der Waals surface area contributed by atoms with Crippen molar-refractivity contribution in [3.63, 3.8) is 0 Å². The van der Waals surface area contributed by atoms with Crippen LogP contribution in [0.3, 0.4) is 0 Å². The molecule has 3 rings (SSSR count). The van der Waals surface area contributed by atoms with Crippen molar-refractivity contribution >= 4 is 18.1 Å². The highest BCUT2D eigenvalue weighted by Gasteiger charge is 2.25. The summed E-state index contributed by atoms with van der Waals surface area (Å²) in [7, 11) is -0.850. The highest BCUT2D eigenvalue weighted by molar-refractivity contribution is 7.40. The summed E-state index contributed by atoms with van der Waals surface area (Å²) >= 11 is 0. The van der Waals surface area contributed by atoms with Gasteiger partial charge in [0.2, 0.25) is 9.03 Å². The summed E-state index contributed by atoms with van der Waals surface area (Å²) in [6.45, 7) is 13.5. The van der Waals surface area contributed by atoms with E-state index in [-0.39, 0.29) is 19.9 Å². The van der Waals surface area contributed by atoms with E-state index < -0.39 is 9.03 Å². The Morgan fingerprint density at radius 2 is 1.45 bits per heavy atom. The first kappa shape index (κ1) is 23.9. The zero-order valence-electron chi connectivity index (χ0n) is 19.1. The van der Waals surface area contributed by atoms with Gasteiger partial charge in [-0.1, -0.05) is 102 Å². The molecule has 3 aromatic carbocycles. The SMILES string of the molecule is CC(C)(C)c1ccc(-c2c(OPOPO)cccc2-c2ccccc2)c(C(C)(C)C)c1. The summed E-state index contributed by atoms with van der Waals surface area (Å²) in [6, 6.07) is 23.3. The molecular formula is C26H32O3P2. The van der Waals surface area contributed by atoms with E-state index in [0.717, 1.165) is 28.0 Å². The Bertz CT molecular complexity index is 1020. The third kappa shape index (κ3) is 5.73. The van der Waals surface area contributed by atoms with Crippen LogP contribution in [0.5, 0.6) is 5.75 Å². The second kappa shape index (κ2) is 9.80. The molecule has 0 fully saturated rings. The standard InChI is InChI=1S/C26H32O3P2/c1-25(2,3)19-15-16-21(22(17-19)26(4,5)6)24-20(18-11-8-7-9-12-18)13-10-14-23(24)28-31-29-30-27/h7-17,27,30-31H,1-6H3. The normalized spacial score (nSPS) is 12.9. The Kier molecular flexibility index (Phi) is 7.55. The molecule has 0 amide bonds. The summed E-state index contributed by atoms with van der Waals surface area (Å²) in [5.74, 6) is 0.756. The molecule has 2 atom stereocenters. The van der Waals surface area contributed by atoms with E-state index in [4.69, 9.17) is 13.7 Å². The van der Waals surface area contributed by atoms with Gasteiger partial charge in [-0.15, -0.1) is 0 Å². The van der Waals surface area contributed by atoms with E-state index in [1.165, 1.54) is 11.1 Å². The van der Waals surface area contributed by atoms with Crippen molar-refractivity contribution in [1.29, 1.82) is 0 Å². The second-order valence-electron chi connectivity index (χ2n) is 9.68. The maximum atomic E-state index is 9.05. The molecule has 0 aliphatic rings. The lowest BCUT2D eigenvalue weighted by atomic mass is 9.76. The molecule has 5 heteroatoms. The predicted octanol–water partition coefficient (Wildman–Crippen LogP) is 8.02. The summed E-state index contributed by atoms with van der Waals surface area (Å²) in [5, 5.41) is 0. The van der Waals surface area contributed by atoms with Gasteiger partial charge in [0.25, 0.3) is 0 Å². The van der Waals surface area contributed by atoms with Gasteiger partial charge in [-0.05, 0) is 44.7 Å². The van der Waals surface area contributed by atoms with E-state index in [2.05, 4.69) is 90.1 Å². The van der Waals surface area contributed by atoms with Crippen molar-refractivity contribution in [2.45, 2.75) is 52.4 Å². The van der Waals surface area contributed by atoms with Gasteiger partial charge in [-0.2, -0.15) is 0 Å². The first-order valence-corrected chi connectivity index (χ1v) is 12.1. The topological polar surface area (TPSA) is 38.7 Å². The highest BCUT2D eigenvalue weighted by Crippen LogP contribution is 2.46. The maximum absolute atomic E-state index is 9.05. The Balaban J connectivity index is 2.29. The number of hydrogen-bond donors (Lipinski definition) is 1. The number of rotatable bonds is 6. The molecule has 0 heterocycles. The molecule has 0 saturated carbocycles. The molecule has 0 radical (unpaired) electrons. The van der Waals surface area contributed by atoms with E-state index >= 15 is 0 Å². The minimum absolute atomic E-state index is 0.0526. The molecule has 3 nitrogen and oxygen atoms in total. The molecule has 164 valence electrons. The number of hydrogen-bond acceptors (Lipinski definition) is 3. The quantitative estimate of drug-likeness (QED) is 0.303. The minimum atomic E-state index is -0.589. The van der Waals surface area contributed by atoms with E-state index in [9.17, 15) is 0 Å². The summed E-state index contributed by atoms with van der Waals surface area (Å²) in [4.78, 5) is 9.05. The fourth-order valence-electron chi connectivity index (χ4n) is 3.69. The lowest BCUT2D eigenvalue weighted by molar-refractivity contribution is 0.498. The molecule has 1 N–H and O–H groups in total. The first-order chi connectivity index (χ1) is 14.6. The summed E-state index contributed by atoms with van der Waals surface area (Å²) in [6.07, 6.45) is 0. The Hall–Kier alpha value is -1.76. The molecule has 31 heavy (non-hydrogen) atoms. The summed E-state index contributed by atoms with van der Waals surface area (Å²) < 4.78 is 11.1. The fourth-order valence-corrected chi connectivity index (χ4v) is 4.26. The lowest BCUT2D eigenvalue weighted by Crippen LogP contribution is -2.17. The lowest BCUT2D eigenvalue weighted by Gasteiger charge is -2.29. The van der Waals surface area contributed by atoms with Gasteiger partial charge >= 0.3 is 0 Å². The van der Waals surface area contributed by atoms with Crippen molar-refractivity contribution in [3.05, 3.63) is 77.9 Å². The molecule has 3 aromatic rings. The van der Waals surface area contributed by atoms with Gasteiger partial charge in [0.1, 0.15) is 5.75 Å². The Morgan fingerprint density at radius 1 is 0.742 bits per heavy atom. The molecule has 0 aromatic heterocycles. The van der Waals surface area contributed by atoms with Gasteiger partial charge in [0, 0.05) is 5.56 Å². The average molecular weight is 454 g/mol. The van der Waals surface area contributed by atoms with Crippen LogP contribution in [-0.4, -0.2) is 4.89 Å². The molecular weight excluding hydrogens is 422 g/mol. The smallest absolute Gasteiger partial charge is 0.220 e. The van der Waals surface area contributed by atoms with Gasteiger partial charge < -0.3 is 9.42 Å². The molecule has 0 spiro atoms. The molecule has 2 unspecified atom stereocenters. The zero-order chi connectivity index (χ0) is 22.6. The Labute approximate surface area is 190 Å². The van der Waals surface area contributed by atoms with Crippen molar-refractivity contribution in [2.75, 3.05) is 0 Å². The molecule has 0 aliphatic heterocycles. The van der Waals surface area contributed by atoms with Crippen LogP contribution in [0.4, 0.5) is 0 Å². The van der Waals surface area contributed by atoms with Crippen LogP contribution in [-0.2, 0) is 15.1 Å². The van der Waals surface area contributed by atoms with Crippen LogP contribution in [0.15, 0.2) is 66.7 Å². The van der Waals surface area contributed by atoms with Crippen LogP contribution in [0.2, 0.25) is 0 Å². The predicted molar refractivity (Wildman–Crippen MR) is 135 cm³/mol. The molecule has 0 bridgehead atoms. The van der Waals surface area contributed by atoms with E-state index in [1.807, 2.05) is 18.2 Å². The van der Waals surface area contributed by atoms with Crippen molar-refractivity contribution in [3.8, 4) is 28.0 Å². The fraction of sp³-hybridized carbons (Fsp3) is 0.308. The van der Waals surface area contributed by atoms with Crippen LogP contribution < -0.4 is 4.52 Å². The van der Waals surface area contributed by atoms with Crippen molar-refractivity contribution in [2.24, 2.45) is 0 Å². The first-order valence-electron chi connectivity index (χ1n) is 10.4. The Morgan fingerprint density at radius 3 is 2.06 bits per heavy atom. The van der Waals surface area contributed by atoms with Crippen LogP contribution >= 0.6 is 18.1 Å². The van der Waals surface area contributed by atoms with Crippen LogP contribution in [0.1, 0.15) is 52.7 Å². The van der Waals surface area contributed by atoms with Gasteiger partial charge in [0.15, 0.2) is 9.03 Å². The number of benzene rings is 3. The van der Waals surface area contributed by atoms with Crippen molar-refractivity contribution < 1.29 is 13.7 Å². The molecule has 0 aliphatic carbocycles.